The molecule has 0 radical (unpaired) electrons. The largest absolute Gasteiger partial charge is 0.493 e. The number of nitro groups is 1. The van der Waals surface area contributed by atoms with Crippen LogP contribution in [0.1, 0.15) is 24.8 Å². The molecule has 0 bridgehead atoms. The third-order valence-corrected chi connectivity index (χ3v) is 4.46. The van der Waals surface area contributed by atoms with E-state index in [1.165, 1.54) is 24.3 Å². The molecule has 13 heteroatoms. The van der Waals surface area contributed by atoms with Crippen molar-refractivity contribution in [1.29, 1.82) is 0 Å². The highest BCUT2D eigenvalue weighted by atomic mass is 19.3. The number of hydrogen-bond donors (Lipinski definition) is 0. The van der Waals surface area contributed by atoms with E-state index in [1.54, 1.807) is 12.1 Å². The lowest BCUT2D eigenvalue weighted by atomic mass is 10.1. The zero-order valence-corrected chi connectivity index (χ0v) is 18.1. The summed E-state index contributed by atoms with van der Waals surface area (Å²) in [5, 5.41) is 19.2. The third-order valence-electron chi connectivity index (χ3n) is 4.46. The molecule has 180 valence electrons. The summed E-state index contributed by atoms with van der Waals surface area (Å²) in [6.07, 6.45) is 4.39. The summed E-state index contributed by atoms with van der Waals surface area (Å²) >= 11 is 0. The van der Waals surface area contributed by atoms with Gasteiger partial charge in [-0.05, 0) is 30.7 Å². The number of carbonyl (C=O) groups excluding carboxylic acids is 1. The Labute approximate surface area is 191 Å². The van der Waals surface area contributed by atoms with Crippen LogP contribution in [0.15, 0.2) is 45.4 Å². The number of rotatable bonds is 11. The molecule has 3 aromatic rings. The molecule has 0 atom stereocenters. The minimum absolute atomic E-state index is 0.00268. The lowest BCUT2D eigenvalue weighted by Gasteiger charge is -2.18. The van der Waals surface area contributed by atoms with Crippen molar-refractivity contribution in [2.24, 2.45) is 0 Å². The van der Waals surface area contributed by atoms with Gasteiger partial charge in [-0.3, -0.25) is 14.9 Å². The highest BCUT2D eigenvalue weighted by Gasteiger charge is 2.22. The van der Waals surface area contributed by atoms with E-state index in [9.17, 15) is 23.7 Å². The first-order valence-electron chi connectivity index (χ1n) is 9.96. The van der Waals surface area contributed by atoms with Crippen LogP contribution in [0.4, 0.5) is 14.5 Å². The monoisotopic (exact) mass is 478 g/mol. The fourth-order valence-corrected chi connectivity index (χ4v) is 2.99. The first-order valence-corrected chi connectivity index (χ1v) is 9.96. The first-order chi connectivity index (χ1) is 16.3. The molecule has 1 aromatic carbocycles. The molecular weight excluding hydrogens is 458 g/mol. The molecule has 2 aromatic heterocycles. The normalized spacial score (nSPS) is 11.2. The van der Waals surface area contributed by atoms with Crippen LogP contribution in [0.2, 0.25) is 0 Å². The Morgan fingerprint density at radius 2 is 2.12 bits per heavy atom. The molecule has 3 rings (SSSR count). The van der Waals surface area contributed by atoms with Gasteiger partial charge in [0.05, 0.1) is 36.5 Å². The van der Waals surface area contributed by atoms with Crippen molar-refractivity contribution in [1.82, 2.24) is 15.1 Å². The van der Waals surface area contributed by atoms with E-state index >= 15 is 0 Å². The van der Waals surface area contributed by atoms with Crippen molar-refractivity contribution in [2.75, 3.05) is 13.7 Å². The van der Waals surface area contributed by atoms with Crippen molar-refractivity contribution < 1.29 is 36.8 Å². The molecule has 0 N–H and O–H groups in total. The number of alkyl halides is 2. The number of carbonyl (C=O) groups is 1. The fraction of sp³-hybridized carbons (Fsp3) is 0.286. The molecule has 2 heterocycles. The molecule has 0 fully saturated rings. The summed E-state index contributed by atoms with van der Waals surface area (Å²) in [6, 6.07) is 5.26. The van der Waals surface area contributed by atoms with E-state index in [4.69, 9.17) is 13.6 Å². The number of nitrogens with zero attached hydrogens (tertiary/aromatic N) is 4. The molecule has 1 amide bonds. The average molecular weight is 478 g/mol. The zero-order valence-electron chi connectivity index (χ0n) is 18.1. The Hall–Kier alpha value is -4.29. The molecule has 34 heavy (non-hydrogen) atoms. The Bertz CT molecular complexity index is 1160. The van der Waals surface area contributed by atoms with Gasteiger partial charge in [-0.15, -0.1) is 10.2 Å². The molecule has 0 aliphatic rings. The van der Waals surface area contributed by atoms with Gasteiger partial charge in [-0.2, -0.15) is 8.78 Å². The van der Waals surface area contributed by atoms with Crippen LogP contribution in [0.3, 0.4) is 0 Å². The minimum atomic E-state index is -3.20. The number of amides is 1. The maximum Gasteiger partial charge on any atom is 0.387 e. The van der Waals surface area contributed by atoms with Gasteiger partial charge in [0, 0.05) is 12.6 Å². The number of halogens is 2. The van der Waals surface area contributed by atoms with E-state index in [0.29, 0.717) is 18.7 Å². The maximum atomic E-state index is 12.8. The molecule has 0 aliphatic carbocycles. The van der Waals surface area contributed by atoms with Gasteiger partial charge in [0.1, 0.15) is 0 Å². The number of ether oxygens (including phenoxy) is 2. The molecule has 0 aliphatic heterocycles. The molecule has 0 unspecified atom stereocenters. The highest BCUT2D eigenvalue weighted by molar-refractivity contribution is 5.92. The van der Waals surface area contributed by atoms with Crippen LogP contribution < -0.4 is 9.47 Å². The lowest BCUT2D eigenvalue weighted by Crippen LogP contribution is -2.29. The Morgan fingerprint density at radius 3 is 2.74 bits per heavy atom. The van der Waals surface area contributed by atoms with Crippen molar-refractivity contribution in [3.8, 4) is 23.1 Å². The number of nitro benzene ring substituents is 1. The lowest BCUT2D eigenvalue weighted by molar-refractivity contribution is -0.385. The SMILES string of the molecule is CCCN(Cc1nnc(-c2ccco2)o1)C(=O)/C=C/c1cc(OC)c(OC(F)F)cc1[N+](=O)[O-]. The quantitative estimate of drug-likeness (QED) is 0.225. The van der Waals surface area contributed by atoms with Gasteiger partial charge >= 0.3 is 6.61 Å². The Kier molecular flexibility index (Phi) is 7.90. The maximum absolute atomic E-state index is 12.8. The van der Waals surface area contributed by atoms with Crippen LogP contribution in [0, 0.1) is 10.1 Å². The minimum Gasteiger partial charge on any atom is -0.493 e. The number of hydrogen-bond acceptors (Lipinski definition) is 9. The number of benzene rings is 1. The topological polar surface area (TPSA) is 134 Å². The molecule has 0 saturated carbocycles. The summed E-state index contributed by atoms with van der Waals surface area (Å²) in [5.41, 5.74) is -0.575. The Morgan fingerprint density at radius 1 is 1.32 bits per heavy atom. The van der Waals surface area contributed by atoms with Crippen molar-refractivity contribution in [2.45, 2.75) is 26.5 Å². The van der Waals surface area contributed by atoms with Gasteiger partial charge in [0.25, 0.3) is 11.6 Å². The predicted octanol–water partition coefficient (Wildman–Crippen LogP) is 4.30. The van der Waals surface area contributed by atoms with Gasteiger partial charge in [-0.1, -0.05) is 6.92 Å². The van der Waals surface area contributed by atoms with Crippen LogP contribution >= 0.6 is 0 Å². The molecule has 0 spiro atoms. The van der Waals surface area contributed by atoms with E-state index in [0.717, 1.165) is 18.2 Å². The summed E-state index contributed by atoms with van der Waals surface area (Å²) in [7, 11) is 1.20. The van der Waals surface area contributed by atoms with Gasteiger partial charge in [-0.25, -0.2) is 0 Å². The first kappa shape index (κ1) is 24.4. The van der Waals surface area contributed by atoms with Crippen LogP contribution in [0.5, 0.6) is 11.5 Å². The molecular formula is C21H20F2N4O7. The highest BCUT2D eigenvalue weighted by Crippen LogP contribution is 2.36. The van der Waals surface area contributed by atoms with E-state index in [1.807, 2.05) is 6.92 Å². The number of methoxy groups -OCH3 is 1. The van der Waals surface area contributed by atoms with Gasteiger partial charge in [0.2, 0.25) is 11.8 Å². The van der Waals surface area contributed by atoms with Gasteiger partial charge < -0.3 is 23.2 Å². The summed E-state index contributed by atoms with van der Waals surface area (Å²) in [4.78, 5) is 24.9. The van der Waals surface area contributed by atoms with Crippen LogP contribution in [-0.4, -0.2) is 46.2 Å². The molecule has 11 nitrogen and oxygen atoms in total. The second-order valence-corrected chi connectivity index (χ2v) is 6.77. The number of furan rings is 1. The Balaban J connectivity index is 1.82. The fourth-order valence-electron chi connectivity index (χ4n) is 2.99. The molecule has 0 saturated heterocycles. The van der Waals surface area contributed by atoms with Crippen LogP contribution in [0.25, 0.3) is 17.7 Å². The third kappa shape index (κ3) is 5.94. The van der Waals surface area contributed by atoms with Crippen molar-refractivity contribution in [3.05, 3.63) is 58.2 Å². The summed E-state index contributed by atoms with van der Waals surface area (Å²) in [6.45, 7) is -0.994. The predicted molar refractivity (Wildman–Crippen MR) is 113 cm³/mol. The smallest absolute Gasteiger partial charge is 0.387 e. The summed E-state index contributed by atoms with van der Waals surface area (Å²) < 4.78 is 45.2. The van der Waals surface area contributed by atoms with Gasteiger partial charge in [0.15, 0.2) is 17.3 Å². The average Bonchev–Trinajstić information content (AvgIpc) is 3.49. The van der Waals surface area contributed by atoms with Crippen molar-refractivity contribution in [3.63, 3.8) is 0 Å². The van der Waals surface area contributed by atoms with Crippen LogP contribution in [-0.2, 0) is 11.3 Å². The standard InChI is InChI=1S/C21H20F2N4O7/c1-3-8-26(12-18-24-25-20(34-18)15-5-4-9-32-15)19(28)7-6-13-10-16(31-2)17(33-21(22)23)11-14(13)27(29)30/h4-7,9-11,21H,3,8,12H2,1-2H3/b7-6+. The second-order valence-electron chi connectivity index (χ2n) is 6.77. The van der Waals surface area contributed by atoms with Crippen molar-refractivity contribution >= 4 is 17.7 Å². The van der Waals surface area contributed by atoms with E-state index in [2.05, 4.69) is 14.9 Å². The van der Waals surface area contributed by atoms with E-state index in [-0.39, 0.29) is 29.6 Å². The zero-order chi connectivity index (χ0) is 24.7. The number of aromatic nitrogens is 2. The van der Waals surface area contributed by atoms with E-state index < -0.39 is 28.9 Å². The second kappa shape index (κ2) is 11.0. The summed E-state index contributed by atoms with van der Waals surface area (Å²) in [5.74, 6) is -0.423.